The molecule has 2 aromatic carbocycles. The van der Waals surface area contributed by atoms with E-state index in [0.717, 1.165) is 110 Å². The molecule has 248 valence electrons. The highest BCUT2D eigenvalue weighted by Crippen LogP contribution is 2.35. The summed E-state index contributed by atoms with van der Waals surface area (Å²) in [6, 6.07) is 13.7. The van der Waals surface area contributed by atoms with E-state index < -0.39 is 0 Å². The van der Waals surface area contributed by atoms with E-state index >= 15 is 0 Å². The van der Waals surface area contributed by atoms with Gasteiger partial charge in [0.25, 0.3) is 0 Å². The second-order valence-electron chi connectivity index (χ2n) is 14.6. The molecule has 0 unspecified atom stereocenters. The summed E-state index contributed by atoms with van der Waals surface area (Å²) in [4.78, 5) is 34.4. The molecule has 6 heteroatoms. The van der Waals surface area contributed by atoms with Gasteiger partial charge < -0.3 is 9.64 Å². The van der Waals surface area contributed by atoms with Crippen LogP contribution in [-0.2, 0) is 16.1 Å². The second-order valence-corrected chi connectivity index (χ2v) is 14.6. The van der Waals surface area contributed by atoms with Gasteiger partial charge in [-0.2, -0.15) is 0 Å². The lowest BCUT2D eigenvalue weighted by Crippen LogP contribution is -2.53. The van der Waals surface area contributed by atoms with E-state index in [1.807, 2.05) is 13.8 Å². The van der Waals surface area contributed by atoms with Gasteiger partial charge in [-0.05, 0) is 113 Å². The Morgan fingerprint density at radius 2 is 1.63 bits per heavy atom. The van der Waals surface area contributed by atoms with Crippen LogP contribution in [0.5, 0.6) is 0 Å². The van der Waals surface area contributed by atoms with Crippen LogP contribution in [0.15, 0.2) is 59.2 Å². The molecule has 2 aliphatic heterocycles. The van der Waals surface area contributed by atoms with Gasteiger partial charge in [0, 0.05) is 88.2 Å². The lowest BCUT2D eigenvalue weighted by molar-refractivity contribution is -0.115. The van der Waals surface area contributed by atoms with Gasteiger partial charge in [-0.1, -0.05) is 35.9 Å². The summed E-state index contributed by atoms with van der Waals surface area (Å²) >= 11 is 0. The molecule has 0 spiro atoms. The van der Waals surface area contributed by atoms with Crippen LogP contribution in [0.2, 0.25) is 0 Å². The molecule has 1 aliphatic carbocycles. The monoisotopic (exact) mass is 625 g/mol. The average Bonchev–Trinajstić information content (AvgIpc) is 3.02. The highest BCUT2D eigenvalue weighted by atomic mass is 16.5. The van der Waals surface area contributed by atoms with Crippen LogP contribution in [0.25, 0.3) is 11.1 Å². The molecule has 46 heavy (non-hydrogen) atoms. The van der Waals surface area contributed by atoms with Crippen molar-refractivity contribution in [2.24, 2.45) is 0 Å². The number of ketones is 2. The van der Waals surface area contributed by atoms with E-state index in [1.165, 1.54) is 5.56 Å². The normalized spacial score (nSPS) is 19.0. The number of carbonyl (C=O) groups excluding carboxylic acids is 2. The Balaban J connectivity index is 1.40. The van der Waals surface area contributed by atoms with Gasteiger partial charge in [0.05, 0.1) is 0 Å². The van der Waals surface area contributed by atoms with Crippen molar-refractivity contribution in [2.75, 3.05) is 50.8 Å². The molecule has 6 nitrogen and oxygen atoms in total. The zero-order valence-electron chi connectivity index (χ0n) is 29.4. The maximum atomic E-state index is 14.0. The number of piperazine rings is 1. The van der Waals surface area contributed by atoms with Crippen LogP contribution in [0.1, 0.15) is 95.1 Å². The number of nitrogens with zero attached hydrogens (tertiary/aromatic N) is 3. The van der Waals surface area contributed by atoms with Crippen LogP contribution in [-0.4, -0.2) is 78.9 Å². The lowest BCUT2D eigenvalue weighted by Gasteiger charge is -2.42. The summed E-state index contributed by atoms with van der Waals surface area (Å²) in [5.41, 5.74) is 9.58. The van der Waals surface area contributed by atoms with Crippen LogP contribution >= 0.6 is 0 Å². The minimum absolute atomic E-state index is 0.106. The molecule has 2 saturated heterocycles. The van der Waals surface area contributed by atoms with Crippen molar-refractivity contribution in [1.29, 1.82) is 0 Å². The molecule has 0 aromatic heterocycles. The molecule has 0 atom stereocenters. The van der Waals surface area contributed by atoms with Gasteiger partial charge in [0.15, 0.2) is 11.6 Å². The molecule has 0 saturated carbocycles. The van der Waals surface area contributed by atoms with Gasteiger partial charge >= 0.3 is 0 Å². The van der Waals surface area contributed by atoms with Crippen molar-refractivity contribution in [3.8, 4) is 11.1 Å². The fraction of sp³-hybridized carbons (Fsp3) is 0.550. The summed E-state index contributed by atoms with van der Waals surface area (Å²) in [5, 5.41) is 0. The molecule has 2 heterocycles. The highest BCUT2D eigenvalue weighted by molar-refractivity contribution is 6.03. The molecule has 0 radical (unpaired) electrons. The van der Waals surface area contributed by atoms with Gasteiger partial charge in [-0.25, -0.2) is 0 Å². The molecule has 2 fully saturated rings. The smallest absolute Gasteiger partial charge is 0.163 e. The van der Waals surface area contributed by atoms with Crippen LogP contribution < -0.4 is 4.90 Å². The third-order valence-corrected chi connectivity index (χ3v) is 10.3. The van der Waals surface area contributed by atoms with Crippen LogP contribution in [0.4, 0.5) is 5.69 Å². The Hall–Kier alpha value is -3.06. The maximum Gasteiger partial charge on any atom is 0.163 e. The van der Waals surface area contributed by atoms with Crippen molar-refractivity contribution >= 4 is 17.3 Å². The van der Waals surface area contributed by atoms with Crippen molar-refractivity contribution in [3.05, 3.63) is 75.9 Å². The SMILES string of the molecule is CCN(c1cc(-c2ccc(CN3CCN(C(C)(C)C)CC3)cc2)cc(C(=O)CCC2=C(C)C=C(C)CC2=O)c1C)C1CCOCC1. The molecular weight excluding hydrogens is 570 g/mol. The summed E-state index contributed by atoms with van der Waals surface area (Å²) in [5.74, 6) is 0.262. The molecule has 0 bridgehead atoms. The number of rotatable bonds is 10. The highest BCUT2D eigenvalue weighted by Gasteiger charge is 2.27. The summed E-state index contributed by atoms with van der Waals surface area (Å²) < 4.78 is 5.69. The number of carbonyl (C=O) groups is 2. The number of Topliss-reactive ketones (excluding diaryl/α,β-unsaturated/α-hetero) is 2. The minimum Gasteiger partial charge on any atom is -0.381 e. The largest absolute Gasteiger partial charge is 0.381 e. The third kappa shape index (κ3) is 8.07. The zero-order chi connectivity index (χ0) is 33.0. The Bertz CT molecular complexity index is 1470. The van der Waals surface area contributed by atoms with Crippen molar-refractivity contribution in [3.63, 3.8) is 0 Å². The predicted octanol–water partition coefficient (Wildman–Crippen LogP) is 7.78. The Morgan fingerprint density at radius 3 is 2.24 bits per heavy atom. The summed E-state index contributed by atoms with van der Waals surface area (Å²) in [7, 11) is 0. The quantitative estimate of drug-likeness (QED) is 0.251. The molecule has 0 amide bonds. The number of allylic oxidation sites excluding steroid dienone is 4. The Labute approximate surface area is 277 Å². The fourth-order valence-corrected chi connectivity index (χ4v) is 7.51. The van der Waals surface area contributed by atoms with Gasteiger partial charge in [0.1, 0.15) is 0 Å². The van der Waals surface area contributed by atoms with Gasteiger partial charge in [0.2, 0.25) is 0 Å². The Morgan fingerprint density at radius 1 is 0.957 bits per heavy atom. The first-order valence-electron chi connectivity index (χ1n) is 17.4. The first-order chi connectivity index (χ1) is 21.9. The number of ether oxygens (including phenoxy) is 1. The molecular formula is C40H55N3O3. The first kappa shape index (κ1) is 34.3. The molecule has 0 N–H and O–H groups in total. The fourth-order valence-electron chi connectivity index (χ4n) is 7.51. The maximum absolute atomic E-state index is 14.0. The standard InChI is InChI=1S/C40H55N3O3/c1-8-43(34-15-21-46-22-16-34)37-26-33(25-36(30(37)4)38(44)14-13-35-29(3)23-28(2)24-39(35)45)32-11-9-31(10-12-32)27-41-17-19-42(20-18-41)40(5,6)7/h9-12,23,25-26,34H,8,13-22,24,27H2,1-7H3. The van der Waals surface area contributed by atoms with Gasteiger partial charge in [-0.3, -0.25) is 19.4 Å². The summed E-state index contributed by atoms with van der Waals surface area (Å²) in [6.45, 7) is 22.9. The topological polar surface area (TPSA) is 53.1 Å². The summed E-state index contributed by atoms with van der Waals surface area (Å²) in [6.07, 6.45) is 5.35. The van der Waals surface area contributed by atoms with E-state index in [1.54, 1.807) is 0 Å². The second kappa shape index (κ2) is 14.8. The lowest BCUT2D eigenvalue weighted by atomic mass is 9.87. The third-order valence-electron chi connectivity index (χ3n) is 10.3. The van der Waals surface area contributed by atoms with Crippen molar-refractivity contribution < 1.29 is 14.3 Å². The Kier molecular flexibility index (Phi) is 11.0. The van der Waals surface area contributed by atoms with E-state index in [2.05, 4.69) is 91.8 Å². The van der Waals surface area contributed by atoms with Crippen molar-refractivity contribution in [1.82, 2.24) is 9.80 Å². The first-order valence-corrected chi connectivity index (χ1v) is 17.4. The van der Waals surface area contributed by atoms with E-state index in [4.69, 9.17) is 4.74 Å². The molecule has 3 aliphatic rings. The van der Waals surface area contributed by atoms with E-state index in [-0.39, 0.29) is 17.1 Å². The zero-order valence-corrected chi connectivity index (χ0v) is 29.4. The van der Waals surface area contributed by atoms with Crippen LogP contribution in [0.3, 0.4) is 0 Å². The van der Waals surface area contributed by atoms with Crippen molar-refractivity contribution in [2.45, 2.75) is 98.7 Å². The van der Waals surface area contributed by atoms with E-state index in [9.17, 15) is 9.59 Å². The molecule has 2 aromatic rings. The van der Waals surface area contributed by atoms with Crippen LogP contribution in [0, 0.1) is 6.92 Å². The number of benzene rings is 2. The predicted molar refractivity (Wildman–Crippen MR) is 190 cm³/mol. The van der Waals surface area contributed by atoms with Gasteiger partial charge in [-0.15, -0.1) is 0 Å². The average molecular weight is 626 g/mol. The molecule has 5 rings (SSSR count). The number of hydrogen-bond donors (Lipinski definition) is 0. The van der Waals surface area contributed by atoms with E-state index in [0.29, 0.717) is 25.3 Å². The number of hydrogen-bond acceptors (Lipinski definition) is 6. The number of anilines is 1. The minimum atomic E-state index is 0.106.